The van der Waals surface area contributed by atoms with Gasteiger partial charge in [0.1, 0.15) is 0 Å². The van der Waals surface area contributed by atoms with Crippen LogP contribution in [0.2, 0.25) is 5.02 Å². The Balaban J connectivity index is 1.64. The molecule has 3 rings (SSSR count). The topological polar surface area (TPSA) is 49.4 Å². The van der Waals surface area contributed by atoms with Crippen LogP contribution >= 0.6 is 11.6 Å². The fraction of sp³-hybridized carbons (Fsp3) is 0.600. The van der Waals surface area contributed by atoms with Gasteiger partial charge in [0, 0.05) is 31.1 Å². The molecular weight excluding hydrogens is 336 g/mol. The molecule has 5 heteroatoms. The summed E-state index contributed by atoms with van der Waals surface area (Å²) in [5.41, 5.74) is 0.503. The van der Waals surface area contributed by atoms with Crippen molar-refractivity contribution in [3.63, 3.8) is 0 Å². The third-order valence-electron chi connectivity index (χ3n) is 5.60. The average molecular weight is 363 g/mol. The fourth-order valence-corrected chi connectivity index (χ4v) is 4.36. The van der Waals surface area contributed by atoms with E-state index in [0.717, 1.165) is 57.2 Å². The molecule has 1 saturated heterocycles. The Hall–Kier alpha value is -1.55. The summed E-state index contributed by atoms with van der Waals surface area (Å²) in [6.07, 6.45) is 7.53. The quantitative estimate of drug-likeness (QED) is 0.868. The number of halogens is 1. The summed E-state index contributed by atoms with van der Waals surface area (Å²) < 4.78 is 0. The second-order valence-electron chi connectivity index (χ2n) is 7.25. The van der Waals surface area contributed by atoms with E-state index >= 15 is 0 Å². The lowest BCUT2D eigenvalue weighted by molar-refractivity contribution is -0.130. The maximum Gasteiger partial charge on any atom is 0.230 e. The Morgan fingerprint density at radius 3 is 2.48 bits per heavy atom. The van der Waals surface area contributed by atoms with Crippen molar-refractivity contribution >= 4 is 23.4 Å². The van der Waals surface area contributed by atoms with Crippen LogP contribution < -0.4 is 5.32 Å². The lowest BCUT2D eigenvalue weighted by atomic mass is 9.68. The van der Waals surface area contributed by atoms with Gasteiger partial charge in [0.25, 0.3) is 0 Å². The van der Waals surface area contributed by atoms with E-state index in [1.54, 1.807) is 0 Å². The van der Waals surface area contributed by atoms with Crippen molar-refractivity contribution in [1.82, 2.24) is 10.2 Å². The molecule has 4 nitrogen and oxygen atoms in total. The van der Waals surface area contributed by atoms with E-state index in [-0.39, 0.29) is 11.8 Å². The highest BCUT2D eigenvalue weighted by Gasteiger charge is 2.41. The van der Waals surface area contributed by atoms with Crippen LogP contribution in [0.25, 0.3) is 0 Å². The Morgan fingerprint density at radius 2 is 1.80 bits per heavy atom. The normalized spacial score (nSPS) is 19.6. The molecule has 2 amide bonds. The molecule has 1 aromatic rings. The number of rotatable bonds is 5. The smallest absolute Gasteiger partial charge is 0.230 e. The monoisotopic (exact) mass is 362 g/mol. The molecule has 0 atom stereocenters. The Bertz CT molecular complexity index is 620. The number of carbonyl (C=O) groups excluding carboxylic acids is 2. The minimum atomic E-state index is -0.500. The third-order valence-corrected chi connectivity index (χ3v) is 5.84. The molecule has 1 N–H and O–H groups in total. The highest BCUT2D eigenvalue weighted by Crippen LogP contribution is 2.40. The SMILES string of the molecule is O=C(CCNC(=O)C1(c2cccc(Cl)c2)CCCCC1)N1CCCC1. The lowest BCUT2D eigenvalue weighted by Gasteiger charge is -2.36. The van der Waals surface area contributed by atoms with Gasteiger partial charge < -0.3 is 10.2 Å². The van der Waals surface area contributed by atoms with Gasteiger partial charge in [0.05, 0.1) is 5.41 Å². The van der Waals surface area contributed by atoms with Crippen molar-refractivity contribution in [1.29, 1.82) is 0 Å². The zero-order valence-electron chi connectivity index (χ0n) is 14.7. The average Bonchev–Trinajstić information content (AvgIpc) is 3.17. The van der Waals surface area contributed by atoms with E-state index in [1.807, 2.05) is 29.2 Å². The number of amides is 2. The standard InChI is InChI=1S/C20H27ClN2O2/c21-17-8-6-7-16(15-17)20(10-2-1-3-11-20)19(25)22-12-9-18(24)23-13-4-5-14-23/h6-8,15H,1-5,9-14H2,(H,22,25). The predicted molar refractivity (Wildman–Crippen MR) is 99.7 cm³/mol. The first-order valence-electron chi connectivity index (χ1n) is 9.44. The fourth-order valence-electron chi connectivity index (χ4n) is 4.17. The van der Waals surface area contributed by atoms with E-state index in [1.165, 1.54) is 6.42 Å². The maximum atomic E-state index is 13.1. The minimum Gasteiger partial charge on any atom is -0.355 e. The first-order valence-corrected chi connectivity index (χ1v) is 9.82. The Kier molecular flexibility index (Phi) is 6.00. The van der Waals surface area contributed by atoms with E-state index < -0.39 is 5.41 Å². The largest absolute Gasteiger partial charge is 0.355 e. The molecule has 0 radical (unpaired) electrons. The molecule has 0 aromatic heterocycles. The van der Waals surface area contributed by atoms with Crippen LogP contribution in [-0.4, -0.2) is 36.3 Å². The molecule has 2 fully saturated rings. The minimum absolute atomic E-state index is 0.0451. The van der Waals surface area contributed by atoms with Crippen LogP contribution in [0, 0.1) is 0 Å². The second kappa shape index (κ2) is 8.22. The summed E-state index contributed by atoms with van der Waals surface area (Å²) in [6, 6.07) is 7.68. The van der Waals surface area contributed by atoms with Crippen LogP contribution in [0.15, 0.2) is 24.3 Å². The molecule has 1 heterocycles. The molecule has 25 heavy (non-hydrogen) atoms. The van der Waals surface area contributed by atoms with Crippen LogP contribution in [0.4, 0.5) is 0 Å². The number of carbonyl (C=O) groups is 2. The van der Waals surface area contributed by atoms with E-state index in [2.05, 4.69) is 5.32 Å². The number of likely N-dealkylation sites (tertiary alicyclic amines) is 1. The van der Waals surface area contributed by atoms with Gasteiger partial charge in [0.2, 0.25) is 11.8 Å². The van der Waals surface area contributed by atoms with Crippen LogP contribution in [-0.2, 0) is 15.0 Å². The molecule has 0 unspecified atom stereocenters. The molecule has 1 aliphatic heterocycles. The number of nitrogens with zero attached hydrogens (tertiary/aromatic N) is 1. The first-order chi connectivity index (χ1) is 12.1. The molecule has 0 bridgehead atoms. The molecule has 1 aliphatic carbocycles. The van der Waals surface area contributed by atoms with Gasteiger partial charge in [-0.2, -0.15) is 0 Å². The van der Waals surface area contributed by atoms with Gasteiger partial charge in [-0.15, -0.1) is 0 Å². The molecular formula is C20H27ClN2O2. The molecule has 136 valence electrons. The van der Waals surface area contributed by atoms with Gasteiger partial charge in [-0.05, 0) is 43.4 Å². The van der Waals surface area contributed by atoms with E-state index in [0.29, 0.717) is 18.0 Å². The Morgan fingerprint density at radius 1 is 1.08 bits per heavy atom. The highest BCUT2D eigenvalue weighted by atomic mass is 35.5. The zero-order chi connectivity index (χ0) is 17.7. The van der Waals surface area contributed by atoms with Crippen molar-refractivity contribution in [2.45, 2.75) is 56.8 Å². The lowest BCUT2D eigenvalue weighted by Crippen LogP contribution is -2.46. The molecule has 1 aromatic carbocycles. The van der Waals surface area contributed by atoms with Gasteiger partial charge >= 0.3 is 0 Å². The molecule has 2 aliphatic rings. The van der Waals surface area contributed by atoms with Gasteiger partial charge in [-0.25, -0.2) is 0 Å². The summed E-state index contributed by atoms with van der Waals surface area (Å²) in [4.78, 5) is 27.1. The third kappa shape index (κ3) is 4.17. The van der Waals surface area contributed by atoms with Crippen molar-refractivity contribution in [2.75, 3.05) is 19.6 Å². The molecule has 0 spiro atoms. The first kappa shape index (κ1) is 18.2. The summed E-state index contributed by atoms with van der Waals surface area (Å²) in [6.45, 7) is 2.13. The van der Waals surface area contributed by atoms with Gasteiger partial charge in [0.15, 0.2) is 0 Å². The number of hydrogen-bond donors (Lipinski definition) is 1. The number of hydrogen-bond acceptors (Lipinski definition) is 2. The predicted octanol–water partition coefficient (Wildman–Crippen LogP) is 3.67. The highest BCUT2D eigenvalue weighted by molar-refractivity contribution is 6.30. The summed E-state index contributed by atoms with van der Waals surface area (Å²) in [5.74, 6) is 0.196. The summed E-state index contributed by atoms with van der Waals surface area (Å²) in [5, 5.41) is 3.70. The van der Waals surface area contributed by atoms with Crippen molar-refractivity contribution in [3.05, 3.63) is 34.9 Å². The Labute approximate surface area is 154 Å². The number of benzene rings is 1. The van der Waals surface area contributed by atoms with Crippen molar-refractivity contribution < 1.29 is 9.59 Å². The number of nitrogens with one attached hydrogen (secondary N) is 1. The van der Waals surface area contributed by atoms with E-state index in [4.69, 9.17) is 11.6 Å². The van der Waals surface area contributed by atoms with E-state index in [9.17, 15) is 9.59 Å². The molecule has 1 saturated carbocycles. The van der Waals surface area contributed by atoms with Crippen molar-refractivity contribution in [3.8, 4) is 0 Å². The van der Waals surface area contributed by atoms with Crippen LogP contribution in [0.1, 0.15) is 56.9 Å². The zero-order valence-corrected chi connectivity index (χ0v) is 15.5. The summed E-state index contributed by atoms with van der Waals surface area (Å²) >= 11 is 6.17. The van der Waals surface area contributed by atoms with Gasteiger partial charge in [-0.3, -0.25) is 9.59 Å². The van der Waals surface area contributed by atoms with Crippen LogP contribution in [0.3, 0.4) is 0 Å². The van der Waals surface area contributed by atoms with Gasteiger partial charge in [-0.1, -0.05) is 43.0 Å². The summed E-state index contributed by atoms with van der Waals surface area (Å²) in [7, 11) is 0. The van der Waals surface area contributed by atoms with Crippen LogP contribution in [0.5, 0.6) is 0 Å². The van der Waals surface area contributed by atoms with Crippen molar-refractivity contribution in [2.24, 2.45) is 0 Å². The second-order valence-corrected chi connectivity index (χ2v) is 7.68. The maximum absolute atomic E-state index is 13.1.